The number of rotatable bonds is 2. The number of Topliss-reactive ketones (excluding diaryl/α,β-unsaturated/α-hetero) is 1. The Kier molecular flexibility index (Phi) is 4.44. The Morgan fingerprint density at radius 1 is 0.846 bits per heavy atom. The molecule has 4 aromatic carbocycles. The number of carbonyl (C=O) groups is 3. The smallest absolute Gasteiger partial charge is 0.251 e. The summed E-state index contributed by atoms with van der Waals surface area (Å²) >= 11 is 0. The third kappa shape index (κ3) is 2.53. The molecule has 0 radical (unpaired) electrons. The van der Waals surface area contributed by atoms with Gasteiger partial charge in [-0.05, 0) is 60.3 Å². The molecular weight excluding hydrogens is 486 g/mol. The van der Waals surface area contributed by atoms with E-state index in [9.17, 15) is 14.4 Å². The number of nitrogens with one attached hydrogen (secondary N) is 2. The van der Waals surface area contributed by atoms with Gasteiger partial charge in [-0.25, -0.2) is 0 Å². The molecule has 6 nitrogen and oxygen atoms in total. The van der Waals surface area contributed by atoms with Crippen molar-refractivity contribution < 1.29 is 14.4 Å². The molecule has 4 aliphatic heterocycles. The largest absolute Gasteiger partial charge is 0.325 e. The van der Waals surface area contributed by atoms with E-state index in [0.29, 0.717) is 17.8 Å². The Balaban J connectivity index is 1.46. The molecule has 4 aromatic rings. The minimum atomic E-state index is -1.42. The van der Waals surface area contributed by atoms with Crippen molar-refractivity contribution in [3.05, 3.63) is 107 Å². The number of carbonyl (C=O) groups excluding carboxylic acids is 3. The van der Waals surface area contributed by atoms with Crippen LogP contribution >= 0.6 is 0 Å². The predicted octanol–water partition coefficient (Wildman–Crippen LogP) is 5.16. The number of aryl methyl sites for hydroxylation is 1. The number of ketones is 1. The fourth-order valence-corrected chi connectivity index (χ4v) is 8.27. The molecule has 2 amide bonds. The first-order valence-corrected chi connectivity index (χ1v) is 13.6. The Bertz CT molecular complexity index is 1760. The normalized spacial score (nSPS) is 28.5. The van der Waals surface area contributed by atoms with Gasteiger partial charge in [-0.1, -0.05) is 72.8 Å². The van der Waals surface area contributed by atoms with Gasteiger partial charge in [-0.3, -0.25) is 19.3 Å². The first-order chi connectivity index (χ1) is 19.0. The van der Waals surface area contributed by atoms with Crippen molar-refractivity contribution in [1.82, 2.24) is 4.90 Å². The maximum atomic E-state index is 14.8. The van der Waals surface area contributed by atoms with E-state index in [1.54, 1.807) is 0 Å². The van der Waals surface area contributed by atoms with E-state index in [2.05, 4.69) is 15.5 Å². The fourth-order valence-electron chi connectivity index (χ4n) is 8.27. The summed E-state index contributed by atoms with van der Waals surface area (Å²) in [5.74, 6) is -1.32. The van der Waals surface area contributed by atoms with E-state index in [-0.39, 0.29) is 23.6 Å². The first kappa shape index (κ1) is 22.7. The molecule has 8 rings (SSSR count). The van der Waals surface area contributed by atoms with Crippen LogP contribution in [0.3, 0.4) is 0 Å². The van der Waals surface area contributed by atoms with Crippen LogP contribution in [0, 0.1) is 12.8 Å². The summed E-state index contributed by atoms with van der Waals surface area (Å²) in [7, 11) is 0. The van der Waals surface area contributed by atoms with Gasteiger partial charge < -0.3 is 10.6 Å². The molecule has 192 valence electrons. The third-order valence-electron chi connectivity index (χ3n) is 9.66. The van der Waals surface area contributed by atoms with Gasteiger partial charge in [0.05, 0.1) is 5.92 Å². The second kappa shape index (κ2) is 7.64. The van der Waals surface area contributed by atoms with Crippen LogP contribution in [0.1, 0.15) is 39.9 Å². The summed E-state index contributed by atoms with van der Waals surface area (Å²) in [4.78, 5) is 46.1. The molecule has 2 spiro atoms. The maximum absolute atomic E-state index is 14.8. The number of nitrogens with zero attached hydrogens (tertiary/aromatic N) is 1. The Hall–Kier alpha value is -4.29. The lowest BCUT2D eigenvalue weighted by atomic mass is 9.57. The average Bonchev–Trinajstić information content (AvgIpc) is 3.67. The van der Waals surface area contributed by atoms with Crippen molar-refractivity contribution in [2.75, 3.05) is 17.2 Å². The summed E-state index contributed by atoms with van der Waals surface area (Å²) in [6.45, 7) is 2.62. The summed E-state index contributed by atoms with van der Waals surface area (Å²) < 4.78 is 0. The van der Waals surface area contributed by atoms with E-state index in [0.717, 1.165) is 46.0 Å². The number of hydrogen-bond acceptors (Lipinski definition) is 4. The van der Waals surface area contributed by atoms with Crippen molar-refractivity contribution in [2.45, 2.75) is 36.8 Å². The molecular formula is C33H27N3O3. The highest BCUT2D eigenvalue weighted by molar-refractivity contribution is 6.21. The van der Waals surface area contributed by atoms with E-state index < -0.39 is 16.9 Å². The highest BCUT2D eigenvalue weighted by Crippen LogP contribution is 2.68. The van der Waals surface area contributed by atoms with Crippen LogP contribution in [0.2, 0.25) is 0 Å². The molecule has 4 aliphatic rings. The summed E-state index contributed by atoms with van der Waals surface area (Å²) in [5.41, 5.74) is 1.72. The number of hydrogen-bond donors (Lipinski definition) is 2. The Morgan fingerprint density at radius 3 is 2.49 bits per heavy atom. The molecule has 0 saturated carbocycles. The van der Waals surface area contributed by atoms with Gasteiger partial charge in [-0.2, -0.15) is 0 Å². The lowest BCUT2D eigenvalue weighted by Crippen LogP contribution is -2.62. The van der Waals surface area contributed by atoms with Gasteiger partial charge in [0.1, 0.15) is 11.0 Å². The number of fused-ring (bicyclic) bond motifs is 8. The molecule has 39 heavy (non-hydrogen) atoms. The van der Waals surface area contributed by atoms with Crippen molar-refractivity contribution in [3.8, 4) is 0 Å². The molecule has 2 N–H and O–H groups in total. The molecule has 0 unspecified atom stereocenters. The summed E-state index contributed by atoms with van der Waals surface area (Å²) in [5, 5.41) is 8.30. The zero-order chi connectivity index (χ0) is 26.5. The van der Waals surface area contributed by atoms with Crippen LogP contribution in [0.5, 0.6) is 0 Å². The molecule has 0 bridgehead atoms. The van der Waals surface area contributed by atoms with Crippen molar-refractivity contribution in [3.63, 3.8) is 0 Å². The topological polar surface area (TPSA) is 78.5 Å². The first-order valence-electron chi connectivity index (χ1n) is 13.6. The highest BCUT2D eigenvalue weighted by atomic mass is 16.2. The number of amides is 2. The number of benzene rings is 4. The molecule has 2 fully saturated rings. The van der Waals surface area contributed by atoms with Gasteiger partial charge in [-0.15, -0.1) is 0 Å². The van der Waals surface area contributed by atoms with Crippen molar-refractivity contribution in [2.24, 2.45) is 5.92 Å². The fraction of sp³-hybridized carbons (Fsp3) is 0.242. The highest BCUT2D eigenvalue weighted by Gasteiger charge is 2.81. The third-order valence-corrected chi connectivity index (χ3v) is 9.66. The van der Waals surface area contributed by atoms with E-state index in [1.807, 2.05) is 91.9 Å². The van der Waals surface area contributed by atoms with E-state index in [1.165, 1.54) is 0 Å². The minimum absolute atomic E-state index is 0.0877. The zero-order valence-corrected chi connectivity index (χ0v) is 21.5. The van der Waals surface area contributed by atoms with Gasteiger partial charge >= 0.3 is 0 Å². The SMILES string of the molecule is Cc1cccc2c1NC(=O)[C@]21N2CCC[C@H]2[C@@H](C(=O)c2ccc3ccccc3c2)[C@@]12C(=O)Nc1ccccc12. The van der Waals surface area contributed by atoms with Gasteiger partial charge in [0.2, 0.25) is 5.91 Å². The van der Waals surface area contributed by atoms with Crippen molar-refractivity contribution in [1.29, 1.82) is 0 Å². The van der Waals surface area contributed by atoms with Gasteiger partial charge in [0.15, 0.2) is 5.78 Å². The Morgan fingerprint density at radius 2 is 1.62 bits per heavy atom. The van der Waals surface area contributed by atoms with Crippen LogP contribution in [0.25, 0.3) is 10.8 Å². The monoisotopic (exact) mass is 513 g/mol. The van der Waals surface area contributed by atoms with Crippen LogP contribution in [-0.4, -0.2) is 35.1 Å². The molecule has 6 heteroatoms. The number of anilines is 2. The molecule has 2 saturated heterocycles. The standard InChI is InChI=1S/C33H27N3O3/c1-19-8-6-12-24-28(19)35-31(39)33(24)32(23-11-4-5-13-25(23)34-30(32)38)27(26-14-7-17-36(26)33)29(37)22-16-15-20-9-2-3-10-21(20)18-22/h2-6,8-13,15-16,18,26-27H,7,14,17H2,1H3,(H,34,38)(H,35,39)/t26-,27-,32-,33+/m0/s1. The molecule has 4 atom stereocenters. The van der Waals surface area contributed by atoms with Crippen LogP contribution in [0.4, 0.5) is 11.4 Å². The summed E-state index contributed by atoms with van der Waals surface area (Å²) in [6.07, 6.45) is 1.61. The average molecular weight is 514 g/mol. The zero-order valence-electron chi connectivity index (χ0n) is 21.5. The van der Waals surface area contributed by atoms with Gasteiger partial charge in [0, 0.05) is 28.5 Å². The Labute approximate surface area is 226 Å². The minimum Gasteiger partial charge on any atom is -0.325 e. The van der Waals surface area contributed by atoms with Crippen LogP contribution in [0.15, 0.2) is 84.9 Å². The lowest BCUT2D eigenvalue weighted by Gasteiger charge is -2.43. The lowest BCUT2D eigenvalue weighted by molar-refractivity contribution is -0.137. The van der Waals surface area contributed by atoms with E-state index >= 15 is 0 Å². The van der Waals surface area contributed by atoms with Crippen LogP contribution in [-0.2, 0) is 20.5 Å². The number of para-hydroxylation sites is 2. The molecule has 0 aliphatic carbocycles. The van der Waals surface area contributed by atoms with Crippen LogP contribution < -0.4 is 10.6 Å². The van der Waals surface area contributed by atoms with Gasteiger partial charge in [0.25, 0.3) is 5.91 Å². The summed E-state index contributed by atoms with van der Waals surface area (Å²) in [6, 6.07) is 27.0. The molecule has 4 heterocycles. The predicted molar refractivity (Wildman–Crippen MR) is 150 cm³/mol. The molecule has 0 aromatic heterocycles. The second-order valence-electron chi connectivity index (χ2n) is 11.3. The van der Waals surface area contributed by atoms with Crippen molar-refractivity contribution >= 4 is 39.7 Å². The maximum Gasteiger partial charge on any atom is 0.251 e. The quantitative estimate of drug-likeness (QED) is 0.363. The van der Waals surface area contributed by atoms with E-state index in [4.69, 9.17) is 0 Å². The second-order valence-corrected chi connectivity index (χ2v) is 11.3.